The van der Waals surface area contributed by atoms with Crippen molar-refractivity contribution in [2.45, 2.75) is 45.4 Å². The summed E-state index contributed by atoms with van der Waals surface area (Å²) < 4.78 is 5.26. The maximum Gasteiger partial charge on any atom is 0.414 e. The molecule has 4 N–H and O–H groups in total. The Labute approximate surface area is 108 Å². The van der Waals surface area contributed by atoms with E-state index in [0.717, 1.165) is 13.2 Å². The molecular weight excluding hydrogens is 238 g/mol. The normalized spacial score (nSPS) is 9.44. The second-order valence-corrected chi connectivity index (χ2v) is 3.78. The number of ether oxygens (including phenoxy) is 1. The lowest BCUT2D eigenvalue weighted by molar-refractivity contribution is -0.159. The Morgan fingerprint density at radius 2 is 1.44 bits per heavy atom. The topological polar surface area (TPSA) is 110 Å². The summed E-state index contributed by atoms with van der Waals surface area (Å²) in [5, 5.41) is 14.8. The molecule has 0 rings (SSSR count). The minimum absolute atomic E-state index is 0.649. The summed E-state index contributed by atoms with van der Waals surface area (Å²) in [6.07, 6.45) is 7.95. The molecule has 0 spiro atoms. The zero-order chi connectivity index (χ0) is 14.2. The van der Waals surface area contributed by atoms with Gasteiger partial charge in [-0.2, -0.15) is 0 Å². The zero-order valence-electron chi connectivity index (χ0n) is 11.1. The minimum Gasteiger partial charge on any atom is -0.473 e. The Hall–Kier alpha value is -1.14. The molecule has 0 radical (unpaired) electrons. The SMILES string of the molecule is CCCCCCCCOCCN.O=C(O)C(=O)O. The van der Waals surface area contributed by atoms with Gasteiger partial charge in [0.15, 0.2) is 0 Å². The Morgan fingerprint density at radius 3 is 1.89 bits per heavy atom. The van der Waals surface area contributed by atoms with Gasteiger partial charge in [0.25, 0.3) is 0 Å². The van der Waals surface area contributed by atoms with Crippen LogP contribution in [0.3, 0.4) is 0 Å². The van der Waals surface area contributed by atoms with Crippen LogP contribution in [-0.4, -0.2) is 41.9 Å². The molecule has 0 unspecified atom stereocenters. The lowest BCUT2D eigenvalue weighted by atomic mass is 10.1. The summed E-state index contributed by atoms with van der Waals surface area (Å²) in [5.41, 5.74) is 5.28. The van der Waals surface area contributed by atoms with Crippen molar-refractivity contribution in [3.63, 3.8) is 0 Å². The molecule has 6 heteroatoms. The Bertz CT molecular complexity index is 187. The van der Waals surface area contributed by atoms with Crippen LogP contribution in [0.2, 0.25) is 0 Å². The van der Waals surface area contributed by atoms with Crippen molar-refractivity contribution in [2.75, 3.05) is 19.8 Å². The highest BCUT2D eigenvalue weighted by Gasteiger charge is 2.04. The molecule has 108 valence electrons. The summed E-state index contributed by atoms with van der Waals surface area (Å²) in [4.78, 5) is 18.2. The van der Waals surface area contributed by atoms with Crippen LogP contribution in [0.4, 0.5) is 0 Å². The van der Waals surface area contributed by atoms with Crippen molar-refractivity contribution in [2.24, 2.45) is 5.73 Å². The fourth-order valence-electron chi connectivity index (χ4n) is 1.17. The van der Waals surface area contributed by atoms with Crippen LogP contribution in [0.25, 0.3) is 0 Å². The number of unbranched alkanes of at least 4 members (excludes halogenated alkanes) is 5. The van der Waals surface area contributed by atoms with Gasteiger partial charge in [0.05, 0.1) is 6.61 Å². The van der Waals surface area contributed by atoms with Crippen molar-refractivity contribution in [3.8, 4) is 0 Å². The number of hydrogen-bond acceptors (Lipinski definition) is 4. The van der Waals surface area contributed by atoms with Crippen molar-refractivity contribution >= 4 is 11.9 Å². The third-order valence-electron chi connectivity index (χ3n) is 2.09. The molecule has 0 saturated carbocycles. The number of rotatable bonds is 9. The first-order valence-electron chi connectivity index (χ1n) is 6.30. The van der Waals surface area contributed by atoms with Crippen molar-refractivity contribution in [1.29, 1.82) is 0 Å². The third kappa shape index (κ3) is 20.3. The van der Waals surface area contributed by atoms with Crippen LogP contribution in [0.1, 0.15) is 45.4 Å². The molecule has 0 aromatic heterocycles. The highest BCUT2D eigenvalue weighted by molar-refractivity contribution is 6.27. The van der Waals surface area contributed by atoms with E-state index in [2.05, 4.69) is 6.92 Å². The van der Waals surface area contributed by atoms with E-state index in [9.17, 15) is 0 Å². The number of aliphatic carboxylic acids is 2. The summed E-state index contributed by atoms with van der Waals surface area (Å²) in [7, 11) is 0. The van der Waals surface area contributed by atoms with E-state index >= 15 is 0 Å². The van der Waals surface area contributed by atoms with Gasteiger partial charge in [0.2, 0.25) is 0 Å². The number of carboxylic acids is 2. The number of carboxylic acid groups (broad SMARTS) is 2. The van der Waals surface area contributed by atoms with E-state index in [1.54, 1.807) is 0 Å². The van der Waals surface area contributed by atoms with Gasteiger partial charge in [0.1, 0.15) is 0 Å². The van der Waals surface area contributed by atoms with E-state index in [4.69, 9.17) is 30.3 Å². The van der Waals surface area contributed by atoms with Crippen LogP contribution < -0.4 is 5.73 Å². The molecule has 0 aliphatic carbocycles. The van der Waals surface area contributed by atoms with Gasteiger partial charge in [-0.25, -0.2) is 9.59 Å². The predicted molar refractivity (Wildman–Crippen MR) is 68.5 cm³/mol. The lowest BCUT2D eigenvalue weighted by Gasteiger charge is -2.01. The molecule has 0 aliphatic heterocycles. The van der Waals surface area contributed by atoms with Gasteiger partial charge in [-0.05, 0) is 6.42 Å². The van der Waals surface area contributed by atoms with Crippen LogP contribution in [0.5, 0.6) is 0 Å². The van der Waals surface area contributed by atoms with E-state index < -0.39 is 11.9 Å². The number of carbonyl (C=O) groups is 2. The second-order valence-electron chi connectivity index (χ2n) is 3.78. The molecule has 0 amide bonds. The Kier molecular flexibility index (Phi) is 16.9. The van der Waals surface area contributed by atoms with E-state index in [1.807, 2.05) is 0 Å². The van der Waals surface area contributed by atoms with Gasteiger partial charge in [-0.3, -0.25) is 0 Å². The quantitative estimate of drug-likeness (QED) is 0.429. The smallest absolute Gasteiger partial charge is 0.414 e. The first-order valence-corrected chi connectivity index (χ1v) is 6.30. The molecule has 0 bridgehead atoms. The summed E-state index contributed by atoms with van der Waals surface area (Å²) >= 11 is 0. The molecule has 0 aromatic carbocycles. The number of hydrogen-bond donors (Lipinski definition) is 3. The van der Waals surface area contributed by atoms with Crippen molar-refractivity contribution in [3.05, 3.63) is 0 Å². The molecule has 0 saturated heterocycles. The van der Waals surface area contributed by atoms with E-state index in [1.165, 1.54) is 38.5 Å². The first-order chi connectivity index (χ1) is 8.56. The van der Waals surface area contributed by atoms with E-state index in [-0.39, 0.29) is 0 Å². The Morgan fingerprint density at radius 1 is 0.944 bits per heavy atom. The zero-order valence-corrected chi connectivity index (χ0v) is 11.1. The van der Waals surface area contributed by atoms with Crippen LogP contribution in [0, 0.1) is 0 Å². The van der Waals surface area contributed by atoms with Crippen LogP contribution in [0.15, 0.2) is 0 Å². The fourth-order valence-corrected chi connectivity index (χ4v) is 1.17. The fraction of sp³-hybridized carbons (Fsp3) is 0.833. The molecule has 0 atom stereocenters. The lowest BCUT2D eigenvalue weighted by Crippen LogP contribution is -2.09. The van der Waals surface area contributed by atoms with Gasteiger partial charge in [-0.1, -0.05) is 39.0 Å². The largest absolute Gasteiger partial charge is 0.473 e. The minimum atomic E-state index is -1.82. The number of nitrogens with two attached hydrogens (primary N) is 1. The third-order valence-corrected chi connectivity index (χ3v) is 2.09. The van der Waals surface area contributed by atoms with E-state index in [0.29, 0.717) is 6.54 Å². The average molecular weight is 263 g/mol. The van der Waals surface area contributed by atoms with Crippen molar-refractivity contribution in [1.82, 2.24) is 0 Å². The second kappa shape index (κ2) is 15.9. The summed E-state index contributed by atoms with van der Waals surface area (Å²) in [6.45, 7) is 4.50. The Balaban J connectivity index is 0. The maximum absolute atomic E-state index is 9.10. The average Bonchev–Trinajstić information content (AvgIpc) is 2.33. The van der Waals surface area contributed by atoms with Gasteiger partial charge in [0, 0.05) is 13.2 Å². The maximum atomic E-state index is 9.10. The summed E-state index contributed by atoms with van der Waals surface area (Å²) in [5.74, 6) is -3.65. The standard InChI is InChI=1S/C10H23NO.C2H2O4/c1-2-3-4-5-6-7-9-12-10-8-11;3-1(4)2(5)6/h2-11H2,1H3;(H,3,4)(H,5,6). The molecule has 0 aliphatic rings. The monoisotopic (exact) mass is 263 g/mol. The summed E-state index contributed by atoms with van der Waals surface area (Å²) in [6, 6.07) is 0. The highest BCUT2D eigenvalue weighted by atomic mass is 16.5. The highest BCUT2D eigenvalue weighted by Crippen LogP contribution is 2.04. The van der Waals surface area contributed by atoms with Gasteiger partial charge < -0.3 is 20.7 Å². The van der Waals surface area contributed by atoms with Crippen LogP contribution in [-0.2, 0) is 14.3 Å². The molecular formula is C12H25NO5. The molecule has 0 heterocycles. The molecule has 18 heavy (non-hydrogen) atoms. The van der Waals surface area contributed by atoms with Gasteiger partial charge in [-0.15, -0.1) is 0 Å². The molecule has 0 aromatic rings. The predicted octanol–water partition coefficient (Wildman–Crippen LogP) is 1.48. The van der Waals surface area contributed by atoms with Crippen LogP contribution >= 0.6 is 0 Å². The van der Waals surface area contributed by atoms with Crippen molar-refractivity contribution < 1.29 is 24.5 Å². The first kappa shape index (κ1) is 19.2. The molecule has 6 nitrogen and oxygen atoms in total. The molecule has 0 fully saturated rings. The van der Waals surface area contributed by atoms with Gasteiger partial charge >= 0.3 is 11.9 Å².